The Kier molecular flexibility index (Phi) is 8.17. The Morgan fingerprint density at radius 2 is 1.92 bits per heavy atom. The van der Waals surface area contributed by atoms with Gasteiger partial charge in [-0.05, 0) is 37.3 Å². The van der Waals surface area contributed by atoms with Crippen molar-refractivity contribution >= 4 is 27.5 Å². The number of aromatic nitrogens is 2. The summed E-state index contributed by atoms with van der Waals surface area (Å²) in [6.45, 7) is 3.62. The van der Waals surface area contributed by atoms with Crippen molar-refractivity contribution < 1.29 is 22.4 Å². The van der Waals surface area contributed by atoms with Gasteiger partial charge in [0, 0.05) is 12.0 Å². The third kappa shape index (κ3) is 5.83. The van der Waals surface area contributed by atoms with E-state index >= 15 is 0 Å². The predicted octanol–water partition coefficient (Wildman–Crippen LogP) is 3.18. The van der Waals surface area contributed by atoms with Crippen LogP contribution in [-0.4, -0.2) is 48.2 Å². The highest BCUT2D eigenvalue weighted by Crippen LogP contribution is 2.29. The van der Waals surface area contributed by atoms with E-state index in [9.17, 15) is 18.0 Å². The van der Waals surface area contributed by atoms with Crippen molar-refractivity contribution in [2.75, 3.05) is 0 Å². The number of carbonyl (C=O) groups is 2. The molecule has 0 radical (unpaired) electrons. The van der Waals surface area contributed by atoms with Gasteiger partial charge in [0.05, 0.1) is 10.9 Å². The Morgan fingerprint density at radius 1 is 1.17 bits per heavy atom. The molecule has 2 aliphatic rings. The molecule has 1 aliphatic carbocycles. The van der Waals surface area contributed by atoms with E-state index in [1.165, 1.54) is 25.3 Å². The minimum atomic E-state index is -3.73. The molecule has 0 spiro atoms. The first-order valence-corrected chi connectivity index (χ1v) is 14.2. The SMILES string of the molecule is CCc1nnc(C(=O)[C@H](CC)NC(=O)[C@H](CCC2CCCCC2)N=C2NS(=O)(=O)c3ccccc32)o1. The van der Waals surface area contributed by atoms with Gasteiger partial charge < -0.3 is 9.73 Å². The van der Waals surface area contributed by atoms with Crippen molar-refractivity contribution in [1.29, 1.82) is 0 Å². The van der Waals surface area contributed by atoms with Gasteiger partial charge in [0.2, 0.25) is 17.6 Å². The van der Waals surface area contributed by atoms with Crippen molar-refractivity contribution in [3.05, 3.63) is 41.6 Å². The van der Waals surface area contributed by atoms with Crippen molar-refractivity contribution in [3.8, 4) is 0 Å². The Bertz CT molecular complexity index is 1230. The molecule has 2 heterocycles. The van der Waals surface area contributed by atoms with Crippen molar-refractivity contribution in [1.82, 2.24) is 20.2 Å². The van der Waals surface area contributed by atoms with E-state index in [1.54, 1.807) is 25.1 Å². The number of aliphatic imine (C=N–C) groups is 1. The maximum absolute atomic E-state index is 13.4. The van der Waals surface area contributed by atoms with Crippen LogP contribution in [0.25, 0.3) is 0 Å². The number of amides is 1. The number of carbonyl (C=O) groups excluding carboxylic acids is 2. The Hall–Kier alpha value is -3.08. The van der Waals surface area contributed by atoms with Gasteiger partial charge in [0.15, 0.2) is 0 Å². The van der Waals surface area contributed by atoms with Gasteiger partial charge in [0.25, 0.3) is 15.9 Å². The number of rotatable bonds is 10. The van der Waals surface area contributed by atoms with Crippen LogP contribution in [0.5, 0.6) is 0 Å². The van der Waals surface area contributed by atoms with Gasteiger partial charge in [-0.2, -0.15) is 0 Å². The fourth-order valence-corrected chi connectivity index (χ4v) is 6.01. The fourth-order valence-electron chi connectivity index (χ4n) is 4.78. The molecule has 1 aromatic heterocycles. The van der Waals surface area contributed by atoms with Crippen molar-refractivity contribution in [2.45, 2.75) is 88.6 Å². The zero-order valence-corrected chi connectivity index (χ0v) is 21.5. The molecule has 1 amide bonds. The Labute approximate surface area is 211 Å². The molecule has 1 aliphatic heterocycles. The summed E-state index contributed by atoms with van der Waals surface area (Å²) in [6, 6.07) is 4.85. The summed E-state index contributed by atoms with van der Waals surface area (Å²) in [5, 5.41) is 10.4. The number of benzene rings is 1. The Balaban J connectivity index is 1.56. The Morgan fingerprint density at radius 3 is 2.61 bits per heavy atom. The van der Waals surface area contributed by atoms with Crippen LogP contribution in [0.15, 0.2) is 38.6 Å². The van der Waals surface area contributed by atoms with E-state index in [4.69, 9.17) is 4.42 Å². The normalized spacial score (nSPS) is 19.9. The summed E-state index contributed by atoms with van der Waals surface area (Å²) < 4.78 is 33.0. The largest absolute Gasteiger partial charge is 0.418 e. The number of fused-ring (bicyclic) bond motifs is 1. The molecule has 2 N–H and O–H groups in total. The molecule has 194 valence electrons. The summed E-state index contributed by atoms with van der Waals surface area (Å²) in [6.07, 6.45) is 7.92. The van der Waals surface area contributed by atoms with Gasteiger partial charge in [0.1, 0.15) is 11.9 Å². The molecule has 1 aromatic carbocycles. The molecule has 11 heteroatoms. The second-order valence-corrected chi connectivity index (χ2v) is 11.0. The predicted molar refractivity (Wildman–Crippen MR) is 133 cm³/mol. The average Bonchev–Trinajstić information content (AvgIpc) is 3.47. The highest BCUT2D eigenvalue weighted by molar-refractivity contribution is 7.90. The van der Waals surface area contributed by atoms with E-state index in [0.717, 1.165) is 19.3 Å². The first kappa shape index (κ1) is 26.0. The average molecular weight is 516 g/mol. The van der Waals surface area contributed by atoms with E-state index < -0.39 is 33.8 Å². The van der Waals surface area contributed by atoms with Gasteiger partial charge in [-0.1, -0.05) is 58.1 Å². The molecule has 4 rings (SSSR count). The molecule has 0 saturated heterocycles. The second-order valence-electron chi connectivity index (χ2n) is 9.36. The third-order valence-corrected chi connectivity index (χ3v) is 8.24. The lowest BCUT2D eigenvalue weighted by atomic mass is 9.85. The quantitative estimate of drug-likeness (QED) is 0.463. The van der Waals surface area contributed by atoms with Gasteiger partial charge >= 0.3 is 0 Å². The molecule has 2 atom stereocenters. The first-order valence-electron chi connectivity index (χ1n) is 12.7. The number of nitrogens with zero attached hydrogens (tertiary/aromatic N) is 3. The van der Waals surface area contributed by atoms with Crippen molar-refractivity contribution in [2.24, 2.45) is 10.9 Å². The van der Waals surface area contributed by atoms with Crippen LogP contribution in [0.4, 0.5) is 0 Å². The van der Waals surface area contributed by atoms with Gasteiger partial charge in [-0.25, -0.2) is 8.42 Å². The summed E-state index contributed by atoms with van der Waals surface area (Å²) in [7, 11) is -3.73. The molecule has 0 bridgehead atoms. The van der Waals surface area contributed by atoms with E-state index in [1.807, 2.05) is 6.92 Å². The van der Waals surface area contributed by atoms with E-state index in [2.05, 4.69) is 25.2 Å². The number of sulfonamides is 1. The van der Waals surface area contributed by atoms with Crippen LogP contribution in [0.1, 0.15) is 87.4 Å². The molecule has 1 saturated carbocycles. The molecule has 36 heavy (non-hydrogen) atoms. The molecule has 2 aromatic rings. The maximum atomic E-state index is 13.4. The number of hydrogen-bond acceptors (Lipinski definition) is 8. The maximum Gasteiger partial charge on any atom is 0.286 e. The summed E-state index contributed by atoms with van der Waals surface area (Å²) in [5.41, 5.74) is 0.439. The fraction of sp³-hybridized carbons (Fsp3) is 0.560. The number of amidine groups is 1. The highest BCUT2D eigenvalue weighted by atomic mass is 32.2. The molecular weight excluding hydrogens is 482 g/mol. The lowest BCUT2D eigenvalue weighted by molar-refractivity contribution is -0.123. The van der Waals surface area contributed by atoms with Gasteiger partial charge in [-0.3, -0.25) is 19.3 Å². The first-order chi connectivity index (χ1) is 17.3. The summed E-state index contributed by atoms with van der Waals surface area (Å²) >= 11 is 0. The zero-order chi connectivity index (χ0) is 25.7. The number of aryl methyl sites for hydroxylation is 1. The molecular formula is C25H33N5O5S. The standard InChI is InChI=1S/C25H33N5O5S/c1-3-18(22(31)25-29-28-21(4-2)35-25)27-24(32)19(15-14-16-10-6-5-7-11-16)26-23-17-12-8-9-13-20(17)36(33,34)30-23/h8-9,12-13,16,18-19H,3-7,10-11,14-15H2,1-2H3,(H,26,30)(H,27,32)/t18-,19-/m0/s1. The summed E-state index contributed by atoms with van der Waals surface area (Å²) in [4.78, 5) is 31.1. The third-order valence-electron chi connectivity index (χ3n) is 6.84. The van der Waals surface area contributed by atoms with Crippen LogP contribution >= 0.6 is 0 Å². The molecule has 1 fully saturated rings. The second kappa shape index (κ2) is 11.3. The van der Waals surface area contributed by atoms with Crippen LogP contribution in [0.2, 0.25) is 0 Å². The molecule has 0 unspecified atom stereocenters. The number of nitrogens with one attached hydrogen (secondary N) is 2. The van der Waals surface area contributed by atoms with Crippen LogP contribution in [-0.2, 0) is 21.2 Å². The molecule has 10 nitrogen and oxygen atoms in total. The van der Waals surface area contributed by atoms with Crippen LogP contribution in [0.3, 0.4) is 0 Å². The highest BCUT2D eigenvalue weighted by Gasteiger charge is 2.33. The monoisotopic (exact) mass is 515 g/mol. The lowest BCUT2D eigenvalue weighted by Crippen LogP contribution is -2.45. The number of Topliss-reactive ketones (excluding diaryl/α,β-unsaturated/α-hetero) is 1. The van der Waals surface area contributed by atoms with Gasteiger partial charge in [-0.15, -0.1) is 10.2 Å². The van der Waals surface area contributed by atoms with Crippen LogP contribution in [0, 0.1) is 5.92 Å². The van der Waals surface area contributed by atoms with Crippen LogP contribution < -0.4 is 10.0 Å². The topological polar surface area (TPSA) is 144 Å². The van der Waals surface area contributed by atoms with Crippen molar-refractivity contribution in [3.63, 3.8) is 0 Å². The number of ketones is 1. The van der Waals surface area contributed by atoms with E-state index in [0.29, 0.717) is 36.6 Å². The summed E-state index contributed by atoms with van der Waals surface area (Å²) in [5.74, 6) is -0.0134. The smallest absolute Gasteiger partial charge is 0.286 e. The minimum Gasteiger partial charge on any atom is -0.418 e. The zero-order valence-electron chi connectivity index (χ0n) is 20.7. The van der Waals surface area contributed by atoms with E-state index in [-0.39, 0.29) is 16.6 Å². The number of hydrogen-bond donors (Lipinski definition) is 2. The lowest BCUT2D eigenvalue weighted by Gasteiger charge is -2.24. The minimum absolute atomic E-state index is 0.137.